The fourth-order valence-electron chi connectivity index (χ4n) is 3.11. The Morgan fingerprint density at radius 1 is 1.46 bits per heavy atom. The highest BCUT2D eigenvalue weighted by atomic mass is 16.5. The van der Waals surface area contributed by atoms with Gasteiger partial charge in [0.05, 0.1) is 12.5 Å². The fourth-order valence-corrected chi connectivity index (χ4v) is 3.11. The van der Waals surface area contributed by atoms with Gasteiger partial charge in [0, 0.05) is 32.6 Å². The zero-order valence-electron chi connectivity index (χ0n) is 13.8. The number of aliphatic hydroxyl groups excluding tert-OH is 1. The van der Waals surface area contributed by atoms with E-state index in [4.69, 9.17) is 4.74 Å². The van der Waals surface area contributed by atoms with Gasteiger partial charge in [0.1, 0.15) is 11.9 Å². The molecule has 0 radical (unpaired) electrons. The highest BCUT2D eigenvalue weighted by molar-refractivity contribution is 5.79. The first kappa shape index (κ1) is 16.7. The Morgan fingerprint density at radius 3 is 3.04 bits per heavy atom. The second-order valence-electron chi connectivity index (χ2n) is 6.13. The number of carbonyl (C=O) groups is 1. The Labute approximate surface area is 141 Å². The Balaban J connectivity index is 1.67. The van der Waals surface area contributed by atoms with Crippen LogP contribution in [0.25, 0.3) is 0 Å². The molecule has 0 unspecified atom stereocenters. The minimum atomic E-state index is -0.303. The number of carbonyl (C=O) groups excluding carboxylic acids is 1. The van der Waals surface area contributed by atoms with Crippen molar-refractivity contribution in [3.63, 3.8) is 0 Å². The molecule has 1 saturated heterocycles. The Bertz CT molecular complexity index is 698. The summed E-state index contributed by atoms with van der Waals surface area (Å²) in [4.78, 5) is 17.0. The molecule has 1 fully saturated rings. The first-order valence-electron chi connectivity index (χ1n) is 8.24. The van der Waals surface area contributed by atoms with E-state index in [0.29, 0.717) is 13.2 Å². The van der Waals surface area contributed by atoms with Gasteiger partial charge in [-0.25, -0.2) is 4.98 Å². The third-order valence-electron chi connectivity index (χ3n) is 4.41. The molecule has 6 nitrogen and oxygen atoms in total. The second-order valence-corrected chi connectivity index (χ2v) is 6.13. The van der Waals surface area contributed by atoms with Crippen molar-refractivity contribution in [2.24, 2.45) is 13.0 Å². The molecule has 24 heavy (non-hydrogen) atoms. The van der Waals surface area contributed by atoms with Gasteiger partial charge in [-0.1, -0.05) is 24.3 Å². The van der Waals surface area contributed by atoms with Gasteiger partial charge in [0.2, 0.25) is 5.91 Å². The molecule has 0 aliphatic carbocycles. The van der Waals surface area contributed by atoms with Gasteiger partial charge in [0.25, 0.3) is 0 Å². The molecule has 0 spiro atoms. The summed E-state index contributed by atoms with van der Waals surface area (Å²) in [5.41, 5.74) is 1.81. The molecule has 2 heterocycles. The summed E-state index contributed by atoms with van der Waals surface area (Å²) in [6.07, 6.45) is 4.95. The number of rotatable bonds is 5. The van der Waals surface area contributed by atoms with Gasteiger partial charge in [-0.3, -0.25) is 4.79 Å². The van der Waals surface area contributed by atoms with E-state index in [1.165, 1.54) is 0 Å². The van der Waals surface area contributed by atoms with Crippen LogP contribution in [-0.2, 0) is 29.7 Å². The lowest BCUT2D eigenvalue weighted by atomic mass is 9.92. The van der Waals surface area contributed by atoms with E-state index in [1.54, 1.807) is 6.20 Å². The number of imidazole rings is 1. The summed E-state index contributed by atoms with van der Waals surface area (Å²) in [6.45, 7) is 1.09. The van der Waals surface area contributed by atoms with Crippen LogP contribution in [0.4, 0.5) is 0 Å². The summed E-state index contributed by atoms with van der Waals surface area (Å²) in [7, 11) is 1.91. The smallest absolute Gasteiger partial charge is 0.226 e. The molecule has 128 valence electrons. The maximum absolute atomic E-state index is 12.7. The third kappa shape index (κ3) is 3.66. The van der Waals surface area contributed by atoms with E-state index < -0.39 is 0 Å². The molecule has 1 aliphatic heterocycles. The molecule has 2 N–H and O–H groups in total. The minimum absolute atomic E-state index is 0.000512. The predicted molar refractivity (Wildman–Crippen MR) is 88.8 cm³/mol. The minimum Gasteiger partial charge on any atom is -0.392 e. The van der Waals surface area contributed by atoms with Crippen molar-refractivity contribution in [2.75, 3.05) is 6.61 Å². The first-order valence-corrected chi connectivity index (χ1v) is 8.24. The number of aliphatic hydroxyl groups is 1. The largest absolute Gasteiger partial charge is 0.392 e. The highest BCUT2D eigenvalue weighted by Gasteiger charge is 2.35. The first-order chi connectivity index (χ1) is 11.7. The van der Waals surface area contributed by atoms with Crippen molar-refractivity contribution < 1.29 is 14.6 Å². The number of hydrogen-bond donors (Lipinski definition) is 2. The van der Waals surface area contributed by atoms with Crippen LogP contribution in [0.1, 0.15) is 35.9 Å². The van der Waals surface area contributed by atoms with E-state index in [2.05, 4.69) is 10.3 Å². The van der Waals surface area contributed by atoms with Crippen molar-refractivity contribution in [3.05, 3.63) is 53.6 Å². The number of aromatic nitrogens is 2. The van der Waals surface area contributed by atoms with Gasteiger partial charge in [-0.15, -0.1) is 0 Å². The van der Waals surface area contributed by atoms with Crippen LogP contribution in [0.3, 0.4) is 0 Å². The van der Waals surface area contributed by atoms with Crippen molar-refractivity contribution in [3.8, 4) is 0 Å². The monoisotopic (exact) mass is 329 g/mol. The van der Waals surface area contributed by atoms with Crippen molar-refractivity contribution in [1.82, 2.24) is 14.9 Å². The lowest BCUT2D eigenvalue weighted by molar-refractivity contribution is -0.135. The summed E-state index contributed by atoms with van der Waals surface area (Å²) < 4.78 is 7.75. The maximum atomic E-state index is 12.7. The van der Waals surface area contributed by atoms with Gasteiger partial charge < -0.3 is 19.7 Å². The molecule has 1 aliphatic rings. The Kier molecular flexibility index (Phi) is 5.27. The van der Waals surface area contributed by atoms with E-state index in [-0.39, 0.29) is 24.5 Å². The lowest BCUT2D eigenvalue weighted by Crippen LogP contribution is -2.38. The maximum Gasteiger partial charge on any atom is 0.226 e. The molecule has 1 amide bonds. The lowest BCUT2D eigenvalue weighted by Gasteiger charge is -2.30. The van der Waals surface area contributed by atoms with Crippen LogP contribution in [0, 0.1) is 5.92 Å². The van der Waals surface area contributed by atoms with E-state index in [1.807, 2.05) is 42.1 Å². The standard InChI is InChI=1S/C18H23N3O3/c1-21-8-7-19-17(21)16-15(6-3-9-24-16)18(23)20-11-13-4-2-5-14(10-13)12-22/h2,4-5,7-8,10,15-16,22H,3,6,9,11-12H2,1H3,(H,20,23)/t15-,16-/m1/s1. The number of benzene rings is 1. The average molecular weight is 329 g/mol. The quantitative estimate of drug-likeness (QED) is 0.875. The van der Waals surface area contributed by atoms with Crippen molar-refractivity contribution in [2.45, 2.75) is 32.1 Å². The normalized spacial score (nSPS) is 20.8. The van der Waals surface area contributed by atoms with E-state index in [9.17, 15) is 9.90 Å². The SMILES string of the molecule is Cn1ccnc1[C@@H]1OCCC[C@H]1C(=O)NCc1cccc(CO)c1. The number of ether oxygens (including phenoxy) is 1. The Morgan fingerprint density at radius 2 is 2.29 bits per heavy atom. The zero-order chi connectivity index (χ0) is 16.9. The van der Waals surface area contributed by atoms with Crippen LogP contribution in [0.2, 0.25) is 0 Å². The molecule has 6 heteroatoms. The van der Waals surface area contributed by atoms with Crippen LogP contribution in [0.5, 0.6) is 0 Å². The topological polar surface area (TPSA) is 76.4 Å². The van der Waals surface area contributed by atoms with Gasteiger partial charge in [0.15, 0.2) is 0 Å². The molecule has 0 saturated carbocycles. The molecule has 1 aromatic heterocycles. The van der Waals surface area contributed by atoms with Crippen LogP contribution in [0.15, 0.2) is 36.7 Å². The van der Waals surface area contributed by atoms with Crippen LogP contribution in [-0.4, -0.2) is 27.2 Å². The predicted octanol–water partition coefficient (Wildman–Crippen LogP) is 1.70. The number of aryl methyl sites for hydroxylation is 1. The zero-order valence-corrected chi connectivity index (χ0v) is 13.8. The molecular weight excluding hydrogens is 306 g/mol. The van der Waals surface area contributed by atoms with Crippen LogP contribution >= 0.6 is 0 Å². The number of hydrogen-bond acceptors (Lipinski definition) is 4. The van der Waals surface area contributed by atoms with E-state index in [0.717, 1.165) is 29.8 Å². The molecule has 2 aromatic rings. The summed E-state index contributed by atoms with van der Waals surface area (Å²) in [6, 6.07) is 7.58. The van der Waals surface area contributed by atoms with E-state index >= 15 is 0 Å². The average Bonchev–Trinajstić information content (AvgIpc) is 3.05. The molecule has 0 bridgehead atoms. The summed E-state index contributed by atoms with van der Waals surface area (Å²) in [5.74, 6) is 0.537. The van der Waals surface area contributed by atoms with Gasteiger partial charge in [-0.2, -0.15) is 0 Å². The summed E-state index contributed by atoms with van der Waals surface area (Å²) >= 11 is 0. The fraction of sp³-hybridized carbons (Fsp3) is 0.444. The molecule has 1 aromatic carbocycles. The van der Waals surface area contributed by atoms with Crippen molar-refractivity contribution in [1.29, 1.82) is 0 Å². The number of amides is 1. The second kappa shape index (κ2) is 7.59. The molecule has 2 atom stereocenters. The number of nitrogens with one attached hydrogen (secondary N) is 1. The van der Waals surface area contributed by atoms with Crippen molar-refractivity contribution >= 4 is 5.91 Å². The summed E-state index contributed by atoms with van der Waals surface area (Å²) in [5, 5.41) is 12.2. The Hall–Kier alpha value is -2.18. The number of nitrogens with zero attached hydrogens (tertiary/aromatic N) is 2. The third-order valence-corrected chi connectivity index (χ3v) is 4.41. The molecule has 3 rings (SSSR count). The molecular formula is C18H23N3O3. The van der Waals surface area contributed by atoms with Gasteiger partial charge in [-0.05, 0) is 24.0 Å². The van der Waals surface area contributed by atoms with Gasteiger partial charge >= 0.3 is 0 Å². The highest BCUT2D eigenvalue weighted by Crippen LogP contribution is 2.32. The van der Waals surface area contributed by atoms with Crippen LogP contribution < -0.4 is 5.32 Å².